The molecule has 0 spiro atoms. The van der Waals surface area contributed by atoms with Gasteiger partial charge in [-0.1, -0.05) is 18.9 Å². The van der Waals surface area contributed by atoms with Crippen LogP contribution in [0.3, 0.4) is 0 Å². The van der Waals surface area contributed by atoms with E-state index in [4.69, 9.17) is 9.47 Å². The van der Waals surface area contributed by atoms with Gasteiger partial charge in [-0.15, -0.1) is 6.58 Å². The Kier molecular flexibility index (Phi) is 7.29. The molecule has 0 N–H and O–H groups in total. The lowest BCUT2D eigenvalue weighted by atomic mass is 10.2. The first-order valence-corrected chi connectivity index (χ1v) is 8.76. The van der Waals surface area contributed by atoms with Gasteiger partial charge in [0.15, 0.2) is 21.3 Å². The molecule has 0 aromatic heterocycles. The largest absolute Gasteiger partial charge is 0.493 e. The summed E-state index contributed by atoms with van der Waals surface area (Å²) in [4.78, 5) is 0.284. The molecular weight excluding hydrogens is 288 g/mol. The van der Waals surface area contributed by atoms with Crippen LogP contribution in [0.2, 0.25) is 0 Å². The maximum atomic E-state index is 12.3. The van der Waals surface area contributed by atoms with Gasteiger partial charge in [-0.05, 0) is 31.4 Å². The summed E-state index contributed by atoms with van der Waals surface area (Å²) in [5, 5.41) is 0. The Labute approximate surface area is 127 Å². The standard InChI is InChI=1S/C16H24O4S/c1-4-5-6-7-8-9-12-21(17,18)14-10-11-15(19-2)16(13-14)20-3/h4,10-11,13H,1,5-9,12H2,2-3H3. The van der Waals surface area contributed by atoms with Crippen LogP contribution in [0.1, 0.15) is 32.1 Å². The lowest BCUT2D eigenvalue weighted by molar-refractivity contribution is 0.354. The molecular formula is C16H24O4S. The quantitative estimate of drug-likeness (QED) is 0.489. The number of sulfone groups is 1. The molecule has 0 heterocycles. The fourth-order valence-corrected chi connectivity index (χ4v) is 3.44. The van der Waals surface area contributed by atoms with Crippen molar-refractivity contribution in [3.05, 3.63) is 30.9 Å². The van der Waals surface area contributed by atoms with Gasteiger partial charge in [0.05, 0.1) is 24.9 Å². The molecule has 0 aliphatic rings. The Morgan fingerprint density at radius 3 is 2.33 bits per heavy atom. The highest BCUT2D eigenvalue weighted by Crippen LogP contribution is 2.30. The van der Waals surface area contributed by atoms with Crippen LogP contribution >= 0.6 is 0 Å². The lowest BCUT2D eigenvalue weighted by Crippen LogP contribution is -2.07. The summed E-state index contributed by atoms with van der Waals surface area (Å²) < 4.78 is 34.8. The molecule has 21 heavy (non-hydrogen) atoms. The van der Waals surface area contributed by atoms with E-state index in [1.165, 1.54) is 20.3 Å². The summed E-state index contributed by atoms with van der Waals surface area (Å²) in [6.07, 6.45) is 6.57. The van der Waals surface area contributed by atoms with Gasteiger partial charge in [-0.25, -0.2) is 8.42 Å². The number of benzene rings is 1. The number of allylic oxidation sites excluding steroid dienone is 1. The van der Waals surface area contributed by atoms with Crippen molar-refractivity contribution < 1.29 is 17.9 Å². The average molecular weight is 312 g/mol. The zero-order chi connectivity index (χ0) is 15.7. The highest BCUT2D eigenvalue weighted by molar-refractivity contribution is 7.91. The van der Waals surface area contributed by atoms with Crippen LogP contribution in [0.5, 0.6) is 11.5 Å². The molecule has 0 unspecified atom stereocenters. The van der Waals surface area contributed by atoms with E-state index in [-0.39, 0.29) is 10.6 Å². The molecule has 0 fully saturated rings. The number of hydrogen-bond acceptors (Lipinski definition) is 4. The van der Waals surface area contributed by atoms with Crippen molar-refractivity contribution in [1.29, 1.82) is 0 Å². The molecule has 0 saturated heterocycles. The van der Waals surface area contributed by atoms with E-state index >= 15 is 0 Å². The molecule has 0 amide bonds. The predicted octanol–water partition coefficient (Wildman–Crippen LogP) is 3.61. The first-order chi connectivity index (χ1) is 10.0. The molecule has 1 aromatic rings. The normalized spacial score (nSPS) is 11.1. The maximum Gasteiger partial charge on any atom is 0.178 e. The van der Waals surface area contributed by atoms with E-state index in [1.807, 2.05) is 6.08 Å². The van der Waals surface area contributed by atoms with Crippen LogP contribution in [0, 0.1) is 0 Å². The molecule has 118 valence electrons. The molecule has 0 aliphatic heterocycles. The topological polar surface area (TPSA) is 52.6 Å². The number of rotatable bonds is 10. The summed E-state index contributed by atoms with van der Waals surface area (Å²) in [5.74, 6) is 1.13. The van der Waals surface area contributed by atoms with E-state index in [1.54, 1.807) is 12.1 Å². The summed E-state index contributed by atoms with van der Waals surface area (Å²) in [5.41, 5.74) is 0. The fraction of sp³-hybridized carbons (Fsp3) is 0.500. The van der Waals surface area contributed by atoms with E-state index in [2.05, 4.69) is 6.58 Å². The minimum absolute atomic E-state index is 0.163. The third kappa shape index (κ3) is 5.42. The SMILES string of the molecule is C=CCCCCCCS(=O)(=O)c1ccc(OC)c(OC)c1. The monoisotopic (exact) mass is 312 g/mol. The Hall–Kier alpha value is -1.49. The van der Waals surface area contributed by atoms with Gasteiger partial charge in [-0.3, -0.25) is 0 Å². The first-order valence-electron chi connectivity index (χ1n) is 7.11. The van der Waals surface area contributed by atoms with Crippen LogP contribution in [-0.2, 0) is 9.84 Å². The second-order valence-corrected chi connectivity index (χ2v) is 6.94. The number of unbranched alkanes of at least 4 members (excludes halogenated alkanes) is 4. The number of ether oxygens (including phenoxy) is 2. The molecule has 4 nitrogen and oxygen atoms in total. The molecule has 0 bridgehead atoms. The Morgan fingerprint density at radius 1 is 1.05 bits per heavy atom. The van der Waals surface area contributed by atoms with Gasteiger partial charge in [-0.2, -0.15) is 0 Å². The van der Waals surface area contributed by atoms with Crippen LogP contribution in [0.15, 0.2) is 35.7 Å². The molecule has 1 aromatic carbocycles. The number of methoxy groups -OCH3 is 2. The summed E-state index contributed by atoms with van der Waals surface area (Å²) in [7, 11) is -0.249. The van der Waals surface area contributed by atoms with Crippen molar-refractivity contribution >= 4 is 9.84 Å². The van der Waals surface area contributed by atoms with Gasteiger partial charge < -0.3 is 9.47 Å². The molecule has 1 rings (SSSR count). The lowest BCUT2D eigenvalue weighted by Gasteiger charge is -2.10. The Balaban J connectivity index is 2.63. The van der Waals surface area contributed by atoms with Gasteiger partial charge >= 0.3 is 0 Å². The summed E-state index contributed by atoms with van der Waals surface area (Å²) in [6, 6.07) is 4.70. The van der Waals surface area contributed by atoms with E-state index < -0.39 is 9.84 Å². The van der Waals surface area contributed by atoms with Gasteiger partial charge in [0.25, 0.3) is 0 Å². The fourth-order valence-electron chi connectivity index (χ4n) is 2.06. The first kappa shape index (κ1) is 17.6. The summed E-state index contributed by atoms with van der Waals surface area (Å²) >= 11 is 0. The molecule has 0 aliphatic carbocycles. The van der Waals surface area contributed by atoms with Crippen LogP contribution < -0.4 is 9.47 Å². The summed E-state index contributed by atoms with van der Waals surface area (Å²) in [6.45, 7) is 3.67. The van der Waals surface area contributed by atoms with Gasteiger partial charge in [0.2, 0.25) is 0 Å². The zero-order valence-corrected chi connectivity index (χ0v) is 13.6. The third-order valence-corrected chi connectivity index (χ3v) is 5.08. The van der Waals surface area contributed by atoms with E-state index in [9.17, 15) is 8.42 Å². The predicted molar refractivity (Wildman–Crippen MR) is 84.9 cm³/mol. The maximum absolute atomic E-state index is 12.3. The Bertz CT molecular complexity index is 549. The van der Waals surface area contributed by atoms with Crippen molar-refractivity contribution in [3.63, 3.8) is 0 Å². The van der Waals surface area contributed by atoms with E-state index in [0.29, 0.717) is 17.9 Å². The average Bonchev–Trinajstić information content (AvgIpc) is 2.49. The number of hydrogen-bond donors (Lipinski definition) is 0. The highest BCUT2D eigenvalue weighted by atomic mass is 32.2. The van der Waals surface area contributed by atoms with Gasteiger partial charge in [0.1, 0.15) is 0 Å². The van der Waals surface area contributed by atoms with E-state index in [0.717, 1.165) is 25.7 Å². The van der Waals surface area contributed by atoms with Crippen LogP contribution in [-0.4, -0.2) is 28.4 Å². The second-order valence-electron chi connectivity index (χ2n) is 4.83. The second kappa shape index (κ2) is 8.72. The highest BCUT2D eigenvalue weighted by Gasteiger charge is 2.16. The van der Waals surface area contributed by atoms with Crippen LogP contribution in [0.25, 0.3) is 0 Å². The molecule has 0 saturated carbocycles. The minimum atomic E-state index is -3.27. The molecule has 0 atom stereocenters. The smallest absolute Gasteiger partial charge is 0.178 e. The minimum Gasteiger partial charge on any atom is -0.493 e. The van der Waals surface area contributed by atoms with Crippen molar-refractivity contribution in [3.8, 4) is 11.5 Å². The van der Waals surface area contributed by atoms with Crippen molar-refractivity contribution in [2.75, 3.05) is 20.0 Å². The molecule has 5 heteroatoms. The van der Waals surface area contributed by atoms with Crippen LogP contribution in [0.4, 0.5) is 0 Å². The van der Waals surface area contributed by atoms with Crippen molar-refractivity contribution in [1.82, 2.24) is 0 Å². The Morgan fingerprint density at radius 2 is 1.71 bits per heavy atom. The zero-order valence-electron chi connectivity index (χ0n) is 12.8. The third-order valence-electron chi connectivity index (χ3n) is 3.29. The molecule has 0 radical (unpaired) electrons. The van der Waals surface area contributed by atoms with Crippen molar-refractivity contribution in [2.45, 2.75) is 37.0 Å². The van der Waals surface area contributed by atoms with Crippen molar-refractivity contribution in [2.24, 2.45) is 0 Å². The van der Waals surface area contributed by atoms with Gasteiger partial charge in [0, 0.05) is 6.07 Å².